The van der Waals surface area contributed by atoms with E-state index >= 15 is 0 Å². The third kappa shape index (κ3) is 5.97. The van der Waals surface area contributed by atoms with Crippen LogP contribution in [0.15, 0.2) is 11.6 Å². The molecule has 0 bridgehead atoms. The lowest BCUT2D eigenvalue weighted by Gasteiger charge is -1.95. The molecule has 0 saturated carbocycles. The van der Waals surface area contributed by atoms with Crippen LogP contribution in [0.1, 0.15) is 52.4 Å². The van der Waals surface area contributed by atoms with E-state index in [9.17, 15) is 0 Å². The average Bonchev–Trinajstić information content (AvgIpc) is 2.11. The Bertz CT molecular complexity index is 162. The van der Waals surface area contributed by atoms with Crippen molar-refractivity contribution < 1.29 is 0 Å². The summed E-state index contributed by atoms with van der Waals surface area (Å²) in [5, 5.41) is 8.61. The van der Waals surface area contributed by atoms with Crippen LogP contribution in [0.4, 0.5) is 0 Å². The van der Waals surface area contributed by atoms with Gasteiger partial charge in [0.2, 0.25) is 0 Å². The Morgan fingerprint density at radius 1 is 1.25 bits per heavy atom. The minimum atomic E-state index is 0.879. The maximum atomic E-state index is 8.61. The molecule has 0 aromatic carbocycles. The predicted octanol–water partition coefficient (Wildman–Crippen LogP) is 3.82. The summed E-state index contributed by atoms with van der Waals surface area (Å²) in [7, 11) is 0. The number of allylic oxidation sites excluding steroid dienone is 2. The second-order valence-electron chi connectivity index (χ2n) is 3.04. The number of hydrogen-bond donors (Lipinski definition) is 0. The standard InChI is InChI=1S/C11H19N/c1-3-5-6-7-8-9-11(4-2)10-12/h9H,3-8H2,1-2H3/b11-9-. The van der Waals surface area contributed by atoms with Gasteiger partial charge in [0.25, 0.3) is 0 Å². The summed E-state index contributed by atoms with van der Waals surface area (Å²) in [5.41, 5.74) is 0.937. The fourth-order valence-electron chi connectivity index (χ4n) is 1.12. The van der Waals surface area contributed by atoms with Crippen molar-refractivity contribution in [2.45, 2.75) is 52.4 Å². The molecule has 0 heterocycles. The molecular weight excluding hydrogens is 146 g/mol. The monoisotopic (exact) mass is 165 g/mol. The predicted molar refractivity (Wildman–Crippen MR) is 52.7 cm³/mol. The maximum Gasteiger partial charge on any atom is 0.0943 e. The smallest absolute Gasteiger partial charge is 0.0943 e. The van der Waals surface area contributed by atoms with E-state index in [1.807, 2.05) is 6.92 Å². The molecule has 0 aromatic rings. The highest BCUT2D eigenvalue weighted by Crippen LogP contribution is 2.06. The van der Waals surface area contributed by atoms with E-state index in [1.165, 1.54) is 25.7 Å². The number of unbranched alkanes of at least 4 members (excludes halogenated alkanes) is 4. The molecule has 12 heavy (non-hydrogen) atoms. The lowest BCUT2D eigenvalue weighted by atomic mass is 10.1. The van der Waals surface area contributed by atoms with Gasteiger partial charge in [0, 0.05) is 5.57 Å². The molecule has 1 nitrogen and oxygen atoms in total. The number of rotatable bonds is 6. The molecule has 0 atom stereocenters. The van der Waals surface area contributed by atoms with E-state index in [1.54, 1.807) is 0 Å². The van der Waals surface area contributed by atoms with E-state index in [4.69, 9.17) is 5.26 Å². The van der Waals surface area contributed by atoms with E-state index in [0.29, 0.717) is 0 Å². The van der Waals surface area contributed by atoms with Crippen LogP contribution >= 0.6 is 0 Å². The SMILES string of the molecule is CCCCCC/C=C(\C#N)CC. The van der Waals surface area contributed by atoms with Gasteiger partial charge in [0.15, 0.2) is 0 Å². The van der Waals surface area contributed by atoms with Crippen LogP contribution in [0.25, 0.3) is 0 Å². The van der Waals surface area contributed by atoms with Crippen molar-refractivity contribution in [3.63, 3.8) is 0 Å². The van der Waals surface area contributed by atoms with Gasteiger partial charge in [-0.1, -0.05) is 39.2 Å². The van der Waals surface area contributed by atoms with Crippen LogP contribution in [0.2, 0.25) is 0 Å². The second-order valence-corrected chi connectivity index (χ2v) is 3.04. The first kappa shape index (κ1) is 11.2. The Hall–Kier alpha value is -0.770. The molecule has 0 radical (unpaired) electrons. The van der Waals surface area contributed by atoms with E-state index in [-0.39, 0.29) is 0 Å². The summed E-state index contributed by atoms with van der Waals surface area (Å²) in [6.07, 6.45) is 9.18. The van der Waals surface area contributed by atoms with Gasteiger partial charge in [0.05, 0.1) is 6.07 Å². The summed E-state index contributed by atoms with van der Waals surface area (Å²) < 4.78 is 0. The summed E-state index contributed by atoms with van der Waals surface area (Å²) in [6, 6.07) is 2.20. The molecule has 0 unspecified atom stereocenters. The first-order chi connectivity index (χ1) is 5.85. The van der Waals surface area contributed by atoms with Crippen LogP contribution in [0.3, 0.4) is 0 Å². The molecule has 0 saturated heterocycles. The fourth-order valence-corrected chi connectivity index (χ4v) is 1.12. The zero-order chi connectivity index (χ0) is 9.23. The lowest BCUT2D eigenvalue weighted by molar-refractivity contribution is 0.673. The molecule has 68 valence electrons. The molecule has 0 aliphatic carbocycles. The van der Waals surface area contributed by atoms with Crippen molar-refractivity contribution in [1.82, 2.24) is 0 Å². The van der Waals surface area contributed by atoms with Gasteiger partial charge in [-0.2, -0.15) is 5.26 Å². The van der Waals surface area contributed by atoms with Gasteiger partial charge in [-0.25, -0.2) is 0 Å². The van der Waals surface area contributed by atoms with Crippen molar-refractivity contribution in [3.8, 4) is 6.07 Å². The van der Waals surface area contributed by atoms with Crippen LogP contribution < -0.4 is 0 Å². The van der Waals surface area contributed by atoms with Crippen LogP contribution in [-0.2, 0) is 0 Å². The van der Waals surface area contributed by atoms with Gasteiger partial charge < -0.3 is 0 Å². The van der Waals surface area contributed by atoms with Crippen LogP contribution in [0.5, 0.6) is 0 Å². The topological polar surface area (TPSA) is 23.8 Å². The number of hydrogen-bond acceptors (Lipinski definition) is 1. The van der Waals surface area contributed by atoms with Gasteiger partial charge in [0.1, 0.15) is 0 Å². The third-order valence-corrected chi connectivity index (χ3v) is 1.97. The minimum absolute atomic E-state index is 0.879. The van der Waals surface area contributed by atoms with Crippen LogP contribution in [0, 0.1) is 11.3 Å². The fraction of sp³-hybridized carbons (Fsp3) is 0.727. The number of nitrogens with zero attached hydrogens (tertiary/aromatic N) is 1. The van der Waals surface area contributed by atoms with E-state index in [0.717, 1.165) is 18.4 Å². The molecular formula is C11H19N. The van der Waals surface area contributed by atoms with Gasteiger partial charge in [-0.15, -0.1) is 0 Å². The van der Waals surface area contributed by atoms with Gasteiger partial charge in [-0.3, -0.25) is 0 Å². The molecule has 0 N–H and O–H groups in total. The molecule has 0 amide bonds. The highest BCUT2D eigenvalue weighted by Gasteiger charge is 1.90. The largest absolute Gasteiger partial charge is 0.193 e. The van der Waals surface area contributed by atoms with Gasteiger partial charge in [-0.05, 0) is 19.3 Å². The Kier molecular flexibility index (Phi) is 7.79. The highest BCUT2D eigenvalue weighted by atomic mass is 14.2. The van der Waals surface area contributed by atoms with Gasteiger partial charge >= 0.3 is 0 Å². The Balaban J connectivity index is 3.40. The Morgan fingerprint density at radius 2 is 2.00 bits per heavy atom. The maximum absolute atomic E-state index is 8.61. The summed E-state index contributed by atoms with van der Waals surface area (Å²) in [5.74, 6) is 0. The molecule has 0 rings (SSSR count). The second kappa shape index (κ2) is 8.33. The van der Waals surface area contributed by atoms with Crippen molar-refractivity contribution in [2.24, 2.45) is 0 Å². The minimum Gasteiger partial charge on any atom is -0.193 e. The van der Waals surface area contributed by atoms with Crippen molar-refractivity contribution in [1.29, 1.82) is 5.26 Å². The average molecular weight is 165 g/mol. The molecule has 0 spiro atoms. The first-order valence-electron chi connectivity index (χ1n) is 4.94. The normalized spacial score (nSPS) is 11.2. The van der Waals surface area contributed by atoms with Crippen LogP contribution in [-0.4, -0.2) is 0 Å². The molecule has 0 aromatic heterocycles. The zero-order valence-corrected chi connectivity index (χ0v) is 8.27. The third-order valence-electron chi connectivity index (χ3n) is 1.97. The van der Waals surface area contributed by atoms with Crippen molar-refractivity contribution >= 4 is 0 Å². The van der Waals surface area contributed by atoms with E-state index in [2.05, 4.69) is 19.1 Å². The summed E-state index contributed by atoms with van der Waals surface area (Å²) >= 11 is 0. The highest BCUT2D eigenvalue weighted by molar-refractivity contribution is 5.19. The lowest BCUT2D eigenvalue weighted by Crippen LogP contribution is -1.78. The Labute approximate surface area is 76.1 Å². The van der Waals surface area contributed by atoms with E-state index < -0.39 is 0 Å². The summed E-state index contributed by atoms with van der Waals surface area (Å²) in [4.78, 5) is 0. The molecule has 0 fully saturated rings. The summed E-state index contributed by atoms with van der Waals surface area (Å²) in [6.45, 7) is 4.24. The van der Waals surface area contributed by atoms with Crippen molar-refractivity contribution in [2.75, 3.05) is 0 Å². The quantitative estimate of drug-likeness (QED) is 0.433. The number of nitriles is 1. The molecule has 1 heteroatoms. The Morgan fingerprint density at radius 3 is 2.50 bits per heavy atom. The zero-order valence-electron chi connectivity index (χ0n) is 8.27. The van der Waals surface area contributed by atoms with Crippen molar-refractivity contribution in [3.05, 3.63) is 11.6 Å². The first-order valence-corrected chi connectivity index (χ1v) is 4.94. The molecule has 0 aliphatic heterocycles. The molecule has 0 aliphatic rings.